The van der Waals surface area contributed by atoms with Crippen molar-refractivity contribution in [2.24, 2.45) is 5.92 Å². The second-order valence-electron chi connectivity index (χ2n) is 3.35. The first kappa shape index (κ1) is 8.16. The van der Waals surface area contributed by atoms with Crippen molar-refractivity contribution in [1.29, 1.82) is 0 Å². The third-order valence-corrected chi connectivity index (χ3v) is 2.66. The molecule has 3 atom stereocenters. The average molecular weight is 172 g/mol. The van der Waals surface area contributed by atoms with Gasteiger partial charge in [0.05, 0.1) is 25.2 Å². The molecule has 0 aromatic rings. The van der Waals surface area contributed by atoms with Crippen LogP contribution in [0.15, 0.2) is 0 Å². The summed E-state index contributed by atoms with van der Waals surface area (Å²) in [4.78, 5) is 11.2. The fourth-order valence-corrected chi connectivity index (χ4v) is 2.02. The Hall–Kier alpha value is -0.450. The third kappa shape index (κ3) is 0.856. The zero-order chi connectivity index (χ0) is 8.77. The van der Waals surface area contributed by atoms with E-state index in [2.05, 4.69) is 0 Å². The first-order valence-electron chi connectivity index (χ1n) is 4.14. The molecule has 3 unspecified atom stereocenters. The number of aliphatic hydroxyl groups excluding tert-OH is 1. The van der Waals surface area contributed by atoms with E-state index in [9.17, 15) is 9.90 Å². The number of carbonyl (C=O) groups is 1. The lowest BCUT2D eigenvalue weighted by Crippen LogP contribution is -2.42. The summed E-state index contributed by atoms with van der Waals surface area (Å²) in [6, 6.07) is 0. The van der Waals surface area contributed by atoms with Gasteiger partial charge in [-0.1, -0.05) is 0 Å². The second kappa shape index (κ2) is 2.52. The summed E-state index contributed by atoms with van der Waals surface area (Å²) in [6.07, 6.45) is 0.164. The minimum atomic E-state index is -1.11. The molecule has 2 heterocycles. The molecule has 2 aliphatic rings. The van der Waals surface area contributed by atoms with Crippen molar-refractivity contribution < 1.29 is 19.4 Å². The molecular formula is C8H12O4. The number of carbonyl (C=O) groups excluding carboxylic acids is 1. The Balaban J connectivity index is 2.29. The molecule has 0 aromatic carbocycles. The molecule has 2 saturated heterocycles. The Bertz CT molecular complexity index is 215. The molecule has 0 saturated carbocycles. The van der Waals surface area contributed by atoms with E-state index in [4.69, 9.17) is 9.47 Å². The molecule has 12 heavy (non-hydrogen) atoms. The zero-order valence-corrected chi connectivity index (χ0v) is 6.95. The van der Waals surface area contributed by atoms with Gasteiger partial charge >= 0.3 is 0 Å². The van der Waals surface area contributed by atoms with Crippen molar-refractivity contribution in [2.75, 3.05) is 13.2 Å². The summed E-state index contributed by atoms with van der Waals surface area (Å²) in [7, 11) is 0. The van der Waals surface area contributed by atoms with E-state index >= 15 is 0 Å². The van der Waals surface area contributed by atoms with Crippen LogP contribution in [-0.4, -0.2) is 36.0 Å². The van der Waals surface area contributed by atoms with Crippen LogP contribution in [0, 0.1) is 5.92 Å². The molecule has 1 N–H and O–H groups in total. The summed E-state index contributed by atoms with van der Waals surface area (Å²) in [5.41, 5.74) is 0. The van der Waals surface area contributed by atoms with Crippen LogP contribution in [0.3, 0.4) is 0 Å². The molecule has 0 spiro atoms. The number of rotatable bonds is 1. The number of ether oxygens (including phenoxy) is 2. The first-order valence-corrected chi connectivity index (χ1v) is 4.14. The lowest BCUT2D eigenvalue weighted by atomic mass is 9.93. The number of fused-ring (bicyclic) bond motifs is 1. The Morgan fingerprint density at radius 2 is 2.33 bits per heavy atom. The van der Waals surface area contributed by atoms with Gasteiger partial charge in [-0.3, -0.25) is 4.79 Å². The predicted octanol–water partition coefficient (Wildman–Crippen LogP) is -0.301. The molecule has 0 amide bonds. The van der Waals surface area contributed by atoms with Gasteiger partial charge in [-0.2, -0.15) is 0 Å². The van der Waals surface area contributed by atoms with Crippen molar-refractivity contribution >= 4 is 5.78 Å². The van der Waals surface area contributed by atoms with Gasteiger partial charge in [0.1, 0.15) is 0 Å². The molecule has 0 aliphatic carbocycles. The number of aliphatic hydroxyl groups is 1. The molecule has 4 heteroatoms. The van der Waals surface area contributed by atoms with Crippen LogP contribution in [0.5, 0.6) is 0 Å². The lowest BCUT2D eigenvalue weighted by Gasteiger charge is -2.23. The summed E-state index contributed by atoms with van der Waals surface area (Å²) in [5, 5.41) is 9.46. The Morgan fingerprint density at radius 3 is 2.92 bits per heavy atom. The van der Waals surface area contributed by atoms with Gasteiger partial charge in [-0.15, -0.1) is 0 Å². The summed E-state index contributed by atoms with van der Waals surface area (Å²) < 4.78 is 10.5. The number of Topliss-reactive ketones (excluding diaryl/α,β-unsaturated/α-hetero) is 1. The molecular weight excluding hydrogens is 160 g/mol. The van der Waals surface area contributed by atoms with E-state index in [1.54, 1.807) is 0 Å². The molecule has 2 rings (SSSR count). The van der Waals surface area contributed by atoms with Crippen LogP contribution in [0.4, 0.5) is 0 Å². The highest BCUT2D eigenvalue weighted by atomic mass is 16.7. The summed E-state index contributed by atoms with van der Waals surface area (Å²) in [6.45, 7) is 2.15. The van der Waals surface area contributed by atoms with Crippen LogP contribution in [0.25, 0.3) is 0 Å². The fourth-order valence-electron chi connectivity index (χ4n) is 2.02. The van der Waals surface area contributed by atoms with E-state index in [0.717, 1.165) is 0 Å². The third-order valence-electron chi connectivity index (χ3n) is 2.66. The molecule has 0 radical (unpaired) electrons. The predicted molar refractivity (Wildman–Crippen MR) is 39.4 cm³/mol. The van der Waals surface area contributed by atoms with Gasteiger partial charge in [0.15, 0.2) is 5.78 Å². The highest BCUT2D eigenvalue weighted by molar-refractivity contribution is 5.84. The number of hydrogen-bond acceptors (Lipinski definition) is 4. The standard InChI is InChI=1S/C8H12O4/c1-5(9)8-6(2-3-11-8)7(10)4-12-8/h6-7,10H,2-4H2,1H3. The summed E-state index contributed by atoms with van der Waals surface area (Å²) in [5.74, 6) is -1.41. The van der Waals surface area contributed by atoms with Crippen molar-refractivity contribution in [3.8, 4) is 0 Å². The van der Waals surface area contributed by atoms with Gasteiger partial charge in [0.25, 0.3) is 0 Å². The van der Waals surface area contributed by atoms with E-state index in [0.29, 0.717) is 13.0 Å². The molecule has 0 aromatic heterocycles. The maximum absolute atomic E-state index is 11.2. The topological polar surface area (TPSA) is 55.8 Å². The van der Waals surface area contributed by atoms with E-state index < -0.39 is 11.9 Å². The Morgan fingerprint density at radius 1 is 1.58 bits per heavy atom. The SMILES string of the molecule is CC(=O)C12OCCC1C(O)CO2. The zero-order valence-electron chi connectivity index (χ0n) is 6.95. The van der Waals surface area contributed by atoms with Gasteiger partial charge in [0.2, 0.25) is 5.79 Å². The number of ketones is 1. The minimum absolute atomic E-state index is 0.137. The van der Waals surface area contributed by atoms with Gasteiger partial charge in [0, 0.05) is 6.92 Å². The van der Waals surface area contributed by atoms with Crippen molar-refractivity contribution in [3.05, 3.63) is 0 Å². The van der Waals surface area contributed by atoms with Crippen LogP contribution < -0.4 is 0 Å². The maximum atomic E-state index is 11.2. The van der Waals surface area contributed by atoms with Crippen LogP contribution >= 0.6 is 0 Å². The average Bonchev–Trinajstić information content (AvgIpc) is 2.53. The monoisotopic (exact) mass is 172 g/mol. The molecule has 0 bridgehead atoms. The van der Waals surface area contributed by atoms with Crippen molar-refractivity contribution in [3.63, 3.8) is 0 Å². The van der Waals surface area contributed by atoms with Gasteiger partial charge in [-0.25, -0.2) is 0 Å². The maximum Gasteiger partial charge on any atom is 0.234 e. The fraction of sp³-hybridized carbons (Fsp3) is 0.875. The van der Waals surface area contributed by atoms with Crippen LogP contribution in [-0.2, 0) is 14.3 Å². The van der Waals surface area contributed by atoms with E-state index in [1.165, 1.54) is 6.92 Å². The number of hydrogen-bond donors (Lipinski definition) is 1. The molecule has 2 aliphatic heterocycles. The Labute approximate surface area is 70.5 Å². The lowest BCUT2D eigenvalue weighted by molar-refractivity contribution is -0.198. The van der Waals surface area contributed by atoms with Gasteiger partial charge in [-0.05, 0) is 6.42 Å². The quantitative estimate of drug-likeness (QED) is 0.590. The molecule has 2 fully saturated rings. The van der Waals surface area contributed by atoms with Crippen molar-refractivity contribution in [2.45, 2.75) is 25.2 Å². The molecule has 68 valence electrons. The summed E-state index contributed by atoms with van der Waals surface area (Å²) >= 11 is 0. The highest BCUT2D eigenvalue weighted by Crippen LogP contribution is 2.41. The van der Waals surface area contributed by atoms with E-state index in [1.807, 2.05) is 0 Å². The second-order valence-corrected chi connectivity index (χ2v) is 3.35. The smallest absolute Gasteiger partial charge is 0.234 e. The van der Waals surface area contributed by atoms with Crippen molar-refractivity contribution in [1.82, 2.24) is 0 Å². The largest absolute Gasteiger partial charge is 0.390 e. The van der Waals surface area contributed by atoms with E-state index in [-0.39, 0.29) is 18.3 Å². The minimum Gasteiger partial charge on any atom is -0.390 e. The molecule has 4 nitrogen and oxygen atoms in total. The normalized spacial score (nSPS) is 46.2. The first-order chi connectivity index (χ1) is 5.67. The van der Waals surface area contributed by atoms with Crippen LogP contribution in [0.1, 0.15) is 13.3 Å². The Kier molecular flexibility index (Phi) is 1.71. The highest BCUT2D eigenvalue weighted by Gasteiger charge is 2.57. The van der Waals surface area contributed by atoms with Crippen LogP contribution in [0.2, 0.25) is 0 Å². The van der Waals surface area contributed by atoms with Gasteiger partial charge < -0.3 is 14.6 Å².